The van der Waals surface area contributed by atoms with Gasteiger partial charge in [0.15, 0.2) is 0 Å². The molecule has 1 N–H and O–H groups in total. The molecule has 0 saturated carbocycles. The van der Waals surface area contributed by atoms with Gasteiger partial charge in [-0.25, -0.2) is 0 Å². The largest absolute Gasteiger partial charge is 0.318 e. The van der Waals surface area contributed by atoms with Gasteiger partial charge in [0.1, 0.15) is 0 Å². The summed E-state index contributed by atoms with van der Waals surface area (Å²) in [6, 6.07) is 0.431. The molecule has 0 amide bonds. The zero-order valence-corrected chi connectivity index (χ0v) is 5.23. The molecule has 1 nitrogen and oxygen atoms in total. The highest BCUT2D eigenvalue weighted by atomic mass is 14.9. The molecule has 2 unspecified atom stereocenters. The maximum Gasteiger partial charge on any atom is 0.0716 e. The number of hydrogen-bond donors (Lipinski definition) is 1. The first-order valence-corrected chi connectivity index (χ1v) is 2.61. The number of hydrogen-bond acceptors (Lipinski definition) is 1. The van der Waals surface area contributed by atoms with Crippen LogP contribution in [0.2, 0.25) is 5.82 Å². The molecule has 0 aliphatic carbocycles. The molecule has 0 rings (SSSR count). The van der Waals surface area contributed by atoms with Crippen LogP contribution in [0.15, 0.2) is 0 Å². The lowest BCUT2D eigenvalue weighted by molar-refractivity contribution is 0.593. The average molecular weight is 97.0 g/mol. The normalized spacial score (nSPS) is 18.7. The average Bonchev–Trinajstić information content (AvgIpc) is 1.65. The first kappa shape index (κ1) is 7.02. The predicted octanol–water partition coefficient (Wildman–Crippen LogP) is 0.571. The summed E-state index contributed by atoms with van der Waals surface area (Å²) in [7, 11) is 7.39. The molecule has 0 fully saturated rings. The molecule has 2 atom stereocenters. The first-order chi connectivity index (χ1) is 3.18. The molecule has 2 radical (unpaired) electrons. The molecule has 0 aromatic heterocycles. The van der Waals surface area contributed by atoms with Crippen molar-refractivity contribution in [1.29, 1.82) is 0 Å². The molecule has 0 aromatic carbocycles. The van der Waals surface area contributed by atoms with Crippen molar-refractivity contribution in [3.63, 3.8) is 0 Å². The van der Waals surface area contributed by atoms with Gasteiger partial charge in [-0.3, -0.25) is 0 Å². The van der Waals surface area contributed by atoms with E-state index in [0.717, 1.165) is 0 Å². The molecular formula is C5H12BN. The summed E-state index contributed by atoms with van der Waals surface area (Å²) in [5.41, 5.74) is 0. The molecule has 0 spiro atoms. The van der Waals surface area contributed by atoms with Gasteiger partial charge in [-0.15, -0.1) is 0 Å². The zero-order valence-electron chi connectivity index (χ0n) is 5.23. The van der Waals surface area contributed by atoms with Gasteiger partial charge in [-0.1, -0.05) is 19.7 Å². The third-order valence-electron chi connectivity index (χ3n) is 1.24. The summed E-state index contributed by atoms with van der Waals surface area (Å²) in [6.07, 6.45) is 0. The lowest BCUT2D eigenvalue weighted by Gasteiger charge is -2.13. The summed E-state index contributed by atoms with van der Waals surface area (Å²) >= 11 is 0. The third-order valence-corrected chi connectivity index (χ3v) is 1.24. The van der Waals surface area contributed by atoms with Gasteiger partial charge in [0.25, 0.3) is 0 Å². The van der Waals surface area contributed by atoms with E-state index in [1.165, 1.54) is 0 Å². The van der Waals surface area contributed by atoms with E-state index in [4.69, 9.17) is 7.85 Å². The summed E-state index contributed by atoms with van der Waals surface area (Å²) in [6.45, 7) is 4.05. The molecule has 0 aliphatic rings. The minimum absolute atomic E-state index is 0.255. The van der Waals surface area contributed by atoms with Crippen molar-refractivity contribution in [3.8, 4) is 0 Å². The molecule has 0 heterocycles. The molecule has 0 bridgehead atoms. The quantitative estimate of drug-likeness (QED) is 0.496. The van der Waals surface area contributed by atoms with Crippen LogP contribution in [0.5, 0.6) is 0 Å². The second-order valence-electron chi connectivity index (χ2n) is 1.94. The minimum atomic E-state index is 0.255. The van der Waals surface area contributed by atoms with Crippen LogP contribution in [-0.4, -0.2) is 20.9 Å². The molecular weight excluding hydrogens is 84.9 g/mol. The Morgan fingerprint density at radius 2 is 1.86 bits per heavy atom. The van der Waals surface area contributed by atoms with Crippen LogP contribution in [0.1, 0.15) is 13.8 Å². The van der Waals surface area contributed by atoms with E-state index in [2.05, 4.69) is 12.2 Å². The Morgan fingerprint density at radius 3 is 1.86 bits per heavy atom. The van der Waals surface area contributed by atoms with Crippen LogP contribution < -0.4 is 5.32 Å². The van der Waals surface area contributed by atoms with E-state index in [1.54, 1.807) is 0 Å². The molecule has 2 heteroatoms. The SMILES string of the molecule is [B]C(C)C(C)NC. The lowest BCUT2D eigenvalue weighted by Crippen LogP contribution is -2.24. The Morgan fingerprint density at radius 1 is 1.43 bits per heavy atom. The van der Waals surface area contributed by atoms with Gasteiger partial charge in [0, 0.05) is 0 Å². The van der Waals surface area contributed by atoms with Crippen LogP contribution in [0.25, 0.3) is 0 Å². The summed E-state index contributed by atoms with van der Waals surface area (Å²) in [5, 5.41) is 3.04. The maximum absolute atomic E-state index is 5.48. The Kier molecular flexibility index (Phi) is 3.09. The van der Waals surface area contributed by atoms with Crippen LogP contribution in [0.4, 0.5) is 0 Å². The minimum Gasteiger partial charge on any atom is -0.318 e. The number of rotatable bonds is 2. The Labute approximate surface area is 46.9 Å². The van der Waals surface area contributed by atoms with Crippen molar-refractivity contribution in [2.45, 2.75) is 25.7 Å². The van der Waals surface area contributed by atoms with Gasteiger partial charge in [-0.05, 0) is 13.1 Å². The van der Waals surface area contributed by atoms with E-state index < -0.39 is 0 Å². The Bertz CT molecular complexity index is 45.3. The van der Waals surface area contributed by atoms with Crippen molar-refractivity contribution >= 4 is 7.85 Å². The fraction of sp³-hybridized carbons (Fsp3) is 1.00. The highest BCUT2D eigenvalue weighted by Crippen LogP contribution is 2.00. The van der Waals surface area contributed by atoms with Crippen LogP contribution in [-0.2, 0) is 0 Å². The van der Waals surface area contributed by atoms with E-state index in [-0.39, 0.29) is 5.82 Å². The second kappa shape index (κ2) is 3.08. The van der Waals surface area contributed by atoms with E-state index in [0.29, 0.717) is 6.04 Å². The van der Waals surface area contributed by atoms with Gasteiger partial charge in [0.2, 0.25) is 0 Å². The van der Waals surface area contributed by atoms with Gasteiger partial charge in [-0.2, -0.15) is 0 Å². The topological polar surface area (TPSA) is 12.0 Å². The van der Waals surface area contributed by atoms with E-state index in [1.807, 2.05) is 14.0 Å². The molecule has 7 heavy (non-hydrogen) atoms. The van der Waals surface area contributed by atoms with Crippen molar-refractivity contribution in [3.05, 3.63) is 0 Å². The van der Waals surface area contributed by atoms with Gasteiger partial charge < -0.3 is 5.32 Å². The van der Waals surface area contributed by atoms with Gasteiger partial charge in [0.05, 0.1) is 7.85 Å². The highest BCUT2D eigenvalue weighted by molar-refractivity contribution is 6.11. The molecule has 0 aromatic rings. The van der Waals surface area contributed by atoms with E-state index >= 15 is 0 Å². The monoisotopic (exact) mass is 97.1 g/mol. The van der Waals surface area contributed by atoms with E-state index in [9.17, 15) is 0 Å². The van der Waals surface area contributed by atoms with Crippen LogP contribution in [0.3, 0.4) is 0 Å². The highest BCUT2D eigenvalue weighted by Gasteiger charge is 1.99. The van der Waals surface area contributed by atoms with Crippen molar-refractivity contribution in [2.24, 2.45) is 0 Å². The zero-order chi connectivity index (χ0) is 5.86. The molecule has 0 aliphatic heterocycles. The van der Waals surface area contributed by atoms with Crippen molar-refractivity contribution < 1.29 is 0 Å². The smallest absolute Gasteiger partial charge is 0.0716 e. The Hall–Kier alpha value is 0.0249. The number of nitrogens with one attached hydrogen (secondary N) is 1. The van der Waals surface area contributed by atoms with Crippen LogP contribution in [0, 0.1) is 0 Å². The van der Waals surface area contributed by atoms with Gasteiger partial charge >= 0.3 is 0 Å². The molecule has 0 saturated heterocycles. The van der Waals surface area contributed by atoms with Crippen LogP contribution >= 0.6 is 0 Å². The Balaban J connectivity index is 3.14. The summed E-state index contributed by atoms with van der Waals surface area (Å²) < 4.78 is 0. The lowest BCUT2D eigenvalue weighted by atomic mass is 9.84. The second-order valence-corrected chi connectivity index (χ2v) is 1.94. The predicted molar refractivity (Wildman–Crippen MR) is 33.7 cm³/mol. The molecule has 40 valence electrons. The first-order valence-electron chi connectivity index (χ1n) is 2.61. The fourth-order valence-corrected chi connectivity index (χ4v) is 0.263. The standard InChI is InChI=1S/C5H12BN/c1-4(6)5(2)7-3/h4-5,7H,1-3H3. The van der Waals surface area contributed by atoms with Crippen molar-refractivity contribution in [2.75, 3.05) is 7.05 Å². The maximum atomic E-state index is 5.48. The summed E-state index contributed by atoms with van der Waals surface area (Å²) in [5.74, 6) is 0.255. The third kappa shape index (κ3) is 2.69. The summed E-state index contributed by atoms with van der Waals surface area (Å²) in [4.78, 5) is 0. The fourth-order valence-electron chi connectivity index (χ4n) is 0.263. The van der Waals surface area contributed by atoms with Crippen molar-refractivity contribution in [1.82, 2.24) is 5.32 Å².